The summed E-state index contributed by atoms with van der Waals surface area (Å²) in [6.07, 6.45) is 7.65. The molecule has 5 heterocycles. The standard InChI is InChI=1S/C31H38F2N10O3S/c1-40-26-16-24(21(17-34)15-25(26)28(39-40)43-13-7-27(44)38-31(43)45)20-3-9-41(10-4-20)8-2-14-47-42-11-5-22(6-12-42)37-30-35-18-23(19-36-30)46-29(32)33/h15-16,18-20,22,29H,2-14H2,1H3,(H,35,36,37)(H,38,44,45). The van der Waals surface area contributed by atoms with Crippen molar-refractivity contribution in [1.82, 2.24) is 34.3 Å². The van der Waals surface area contributed by atoms with Crippen molar-refractivity contribution in [2.75, 3.05) is 55.2 Å². The van der Waals surface area contributed by atoms with Gasteiger partial charge in [-0.1, -0.05) is 11.9 Å². The summed E-state index contributed by atoms with van der Waals surface area (Å²) in [4.78, 5) is 36.2. The van der Waals surface area contributed by atoms with Crippen LogP contribution in [0.15, 0.2) is 24.5 Å². The fraction of sp³-hybridized carbons (Fsp3) is 0.548. The van der Waals surface area contributed by atoms with Crippen molar-refractivity contribution in [1.29, 1.82) is 5.26 Å². The number of nitrogens with zero attached hydrogens (tertiary/aromatic N) is 8. The quantitative estimate of drug-likeness (QED) is 0.225. The second-order valence-electron chi connectivity index (χ2n) is 12.0. The average Bonchev–Trinajstić information content (AvgIpc) is 3.38. The van der Waals surface area contributed by atoms with Crippen molar-refractivity contribution in [2.24, 2.45) is 7.05 Å². The molecule has 3 aliphatic rings. The zero-order valence-electron chi connectivity index (χ0n) is 26.2. The number of nitrogens with one attached hydrogen (secondary N) is 2. The lowest BCUT2D eigenvalue weighted by atomic mass is 9.86. The average molecular weight is 669 g/mol. The minimum Gasteiger partial charge on any atom is -0.432 e. The number of hydrogen-bond acceptors (Lipinski definition) is 11. The normalized spacial score (nSPS) is 18.9. The molecular weight excluding hydrogens is 630 g/mol. The van der Waals surface area contributed by atoms with Gasteiger partial charge in [0, 0.05) is 50.3 Å². The molecule has 3 aromatic rings. The molecule has 2 aromatic heterocycles. The van der Waals surface area contributed by atoms with Gasteiger partial charge in [-0.15, -0.1) is 0 Å². The highest BCUT2D eigenvalue weighted by atomic mass is 32.2. The number of fused-ring (bicyclic) bond motifs is 1. The van der Waals surface area contributed by atoms with Gasteiger partial charge in [-0.05, 0) is 75.4 Å². The lowest BCUT2D eigenvalue weighted by Gasteiger charge is -2.33. The lowest BCUT2D eigenvalue weighted by Crippen LogP contribution is -2.49. The molecule has 3 fully saturated rings. The predicted molar refractivity (Wildman–Crippen MR) is 173 cm³/mol. The fourth-order valence-corrected chi connectivity index (χ4v) is 7.50. The van der Waals surface area contributed by atoms with E-state index in [1.807, 2.05) is 25.1 Å². The van der Waals surface area contributed by atoms with Gasteiger partial charge < -0.3 is 15.0 Å². The summed E-state index contributed by atoms with van der Waals surface area (Å²) in [5.41, 5.74) is 2.51. The Bertz CT molecular complexity index is 1620. The third-order valence-electron chi connectivity index (χ3n) is 8.99. The number of aromatic nitrogens is 4. The Morgan fingerprint density at radius 1 is 1.11 bits per heavy atom. The summed E-state index contributed by atoms with van der Waals surface area (Å²) in [6.45, 7) is 2.26. The number of carbonyl (C=O) groups excluding carboxylic acids is 2. The number of alkyl halides is 2. The van der Waals surface area contributed by atoms with E-state index in [1.165, 1.54) is 17.3 Å². The molecule has 2 N–H and O–H groups in total. The first-order valence-corrected chi connectivity index (χ1v) is 16.9. The zero-order valence-corrected chi connectivity index (χ0v) is 27.0. The van der Waals surface area contributed by atoms with E-state index in [0.717, 1.165) is 87.0 Å². The first kappa shape index (κ1) is 32.9. The largest absolute Gasteiger partial charge is 0.432 e. The van der Waals surface area contributed by atoms with Gasteiger partial charge in [0.1, 0.15) is 0 Å². The molecule has 13 nitrogen and oxygen atoms in total. The molecule has 6 rings (SSSR count). The van der Waals surface area contributed by atoms with Crippen molar-refractivity contribution in [3.63, 3.8) is 0 Å². The molecule has 16 heteroatoms. The van der Waals surface area contributed by atoms with Gasteiger partial charge in [-0.25, -0.2) is 14.8 Å². The lowest BCUT2D eigenvalue weighted by molar-refractivity contribution is -0.120. The third kappa shape index (κ3) is 7.91. The summed E-state index contributed by atoms with van der Waals surface area (Å²) in [5.74, 6) is 1.85. The first-order chi connectivity index (χ1) is 22.8. The van der Waals surface area contributed by atoms with E-state index >= 15 is 0 Å². The molecular formula is C31H38F2N10O3S. The van der Waals surface area contributed by atoms with Crippen molar-refractivity contribution in [3.05, 3.63) is 35.7 Å². The Morgan fingerprint density at radius 2 is 1.85 bits per heavy atom. The maximum absolute atomic E-state index is 12.5. The molecule has 3 amide bonds. The number of hydrogen-bond donors (Lipinski definition) is 2. The van der Waals surface area contributed by atoms with Crippen molar-refractivity contribution in [3.8, 4) is 11.8 Å². The smallest absolute Gasteiger partial charge is 0.387 e. The van der Waals surface area contributed by atoms with Crippen LogP contribution in [0.5, 0.6) is 5.75 Å². The molecule has 0 radical (unpaired) electrons. The van der Waals surface area contributed by atoms with Crippen LogP contribution in [0.2, 0.25) is 0 Å². The maximum atomic E-state index is 12.5. The van der Waals surface area contributed by atoms with E-state index in [0.29, 0.717) is 17.3 Å². The van der Waals surface area contributed by atoms with Gasteiger partial charge in [-0.3, -0.25) is 24.0 Å². The van der Waals surface area contributed by atoms with Gasteiger partial charge in [-0.2, -0.15) is 19.1 Å². The number of aryl methyl sites for hydroxylation is 1. The topological polar surface area (TPSA) is 145 Å². The minimum absolute atomic E-state index is 0.0565. The van der Waals surface area contributed by atoms with Crippen LogP contribution in [-0.2, 0) is 11.8 Å². The van der Waals surface area contributed by atoms with Crippen LogP contribution in [0.1, 0.15) is 55.6 Å². The van der Waals surface area contributed by atoms with Gasteiger partial charge in [0.25, 0.3) is 0 Å². The number of imide groups is 1. The monoisotopic (exact) mass is 668 g/mol. The second-order valence-corrected chi connectivity index (χ2v) is 13.2. The molecule has 0 unspecified atom stereocenters. The number of piperidine rings is 2. The molecule has 0 bridgehead atoms. The Morgan fingerprint density at radius 3 is 2.53 bits per heavy atom. The number of halogens is 2. The maximum Gasteiger partial charge on any atom is 0.387 e. The fourth-order valence-electron chi connectivity index (χ4n) is 6.52. The molecule has 3 saturated heterocycles. The molecule has 0 saturated carbocycles. The third-order valence-corrected chi connectivity index (χ3v) is 10.2. The Labute approximate surface area is 275 Å². The van der Waals surface area contributed by atoms with Crippen molar-refractivity contribution < 1.29 is 23.1 Å². The number of amides is 3. The van der Waals surface area contributed by atoms with E-state index < -0.39 is 12.6 Å². The second kappa shape index (κ2) is 14.8. The number of nitriles is 1. The Balaban J connectivity index is 0.933. The number of carbonyl (C=O) groups is 2. The first-order valence-electron chi connectivity index (χ1n) is 15.9. The molecule has 0 aliphatic carbocycles. The highest BCUT2D eigenvalue weighted by Crippen LogP contribution is 2.36. The SMILES string of the molecule is Cn1nc(N2CCC(=O)NC2=O)c2cc(C#N)c(C3CCN(CCCSN4CCC(Nc5ncc(OC(F)F)cn5)CC4)CC3)cc21. The molecule has 0 atom stereocenters. The van der Waals surface area contributed by atoms with Crippen LogP contribution in [0.4, 0.5) is 25.3 Å². The van der Waals surface area contributed by atoms with Crippen LogP contribution in [-0.4, -0.2) is 98.6 Å². The summed E-state index contributed by atoms with van der Waals surface area (Å²) < 4.78 is 33.1. The molecule has 3 aliphatic heterocycles. The zero-order chi connectivity index (χ0) is 32.9. The minimum atomic E-state index is -2.89. The van der Waals surface area contributed by atoms with E-state index in [4.69, 9.17) is 0 Å². The van der Waals surface area contributed by atoms with Crippen LogP contribution in [0.25, 0.3) is 10.9 Å². The van der Waals surface area contributed by atoms with Gasteiger partial charge >= 0.3 is 12.6 Å². The predicted octanol–water partition coefficient (Wildman–Crippen LogP) is 4.08. The Kier molecular flexibility index (Phi) is 10.3. The van der Waals surface area contributed by atoms with Gasteiger partial charge in [0.2, 0.25) is 11.9 Å². The molecule has 0 spiro atoms. The van der Waals surface area contributed by atoms with Gasteiger partial charge in [0.05, 0.1) is 29.5 Å². The number of urea groups is 1. The van der Waals surface area contributed by atoms with Crippen molar-refractivity contribution >= 4 is 46.6 Å². The number of anilines is 2. The molecule has 1 aromatic carbocycles. The number of benzene rings is 1. The van der Waals surface area contributed by atoms with Crippen LogP contribution in [0, 0.1) is 11.3 Å². The highest BCUT2D eigenvalue weighted by Gasteiger charge is 2.30. The van der Waals surface area contributed by atoms with E-state index in [1.54, 1.807) is 4.68 Å². The van der Waals surface area contributed by atoms with E-state index in [9.17, 15) is 23.6 Å². The van der Waals surface area contributed by atoms with E-state index in [2.05, 4.69) is 51.8 Å². The summed E-state index contributed by atoms with van der Waals surface area (Å²) in [6, 6.07) is 6.03. The number of likely N-dealkylation sites (tertiary alicyclic amines) is 1. The summed E-state index contributed by atoms with van der Waals surface area (Å²) in [7, 11) is 1.84. The molecule has 250 valence electrons. The van der Waals surface area contributed by atoms with E-state index in [-0.39, 0.29) is 36.6 Å². The van der Waals surface area contributed by atoms with Crippen LogP contribution >= 0.6 is 11.9 Å². The van der Waals surface area contributed by atoms with Crippen molar-refractivity contribution in [2.45, 2.75) is 57.1 Å². The summed E-state index contributed by atoms with van der Waals surface area (Å²) >= 11 is 1.89. The van der Waals surface area contributed by atoms with Crippen LogP contribution in [0.3, 0.4) is 0 Å². The number of ether oxygens (including phenoxy) is 1. The van der Waals surface area contributed by atoms with Gasteiger partial charge in [0.15, 0.2) is 11.6 Å². The summed E-state index contributed by atoms with van der Waals surface area (Å²) in [5, 5.41) is 21.0. The van der Waals surface area contributed by atoms with Crippen LogP contribution < -0.4 is 20.3 Å². The number of rotatable bonds is 11. The molecule has 47 heavy (non-hydrogen) atoms. The highest BCUT2D eigenvalue weighted by molar-refractivity contribution is 7.97. The Hall–Kier alpha value is -4.07.